The van der Waals surface area contributed by atoms with Crippen molar-refractivity contribution in [3.63, 3.8) is 0 Å². The number of amidine groups is 1. The molecule has 1 rings (SSSR count). The first kappa shape index (κ1) is 20.0. The largest absolute Gasteiger partial charge is 0.460 e. The van der Waals surface area contributed by atoms with E-state index < -0.39 is 21.4 Å². The van der Waals surface area contributed by atoms with E-state index in [1.807, 2.05) is 0 Å². The summed E-state index contributed by atoms with van der Waals surface area (Å²) >= 11 is 0. The van der Waals surface area contributed by atoms with E-state index in [-0.39, 0.29) is 29.3 Å². The van der Waals surface area contributed by atoms with E-state index in [4.69, 9.17) is 15.7 Å². The van der Waals surface area contributed by atoms with Crippen molar-refractivity contribution in [2.75, 3.05) is 5.75 Å². The maximum Gasteiger partial charge on any atom is 0.306 e. The summed E-state index contributed by atoms with van der Waals surface area (Å²) in [4.78, 5) is 11.8. The fourth-order valence-electron chi connectivity index (χ4n) is 2.09. The topological polar surface area (TPSA) is 119 Å². The van der Waals surface area contributed by atoms with Crippen molar-refractivity contribution in [2.45, 2.75) is 51.0 Å². The lowest BCUT2D eigenvalue weighted by Gasteiger charge is -2.19. The van der Waals surface area contributed by atoms with Crippen LogP contribution in [-0.2, 0) is 19.4 Å². The maximum atomic E-state index is 12.3. The molecule has 24 heavy (non-hydrogen) atoms. The molecule has 134 valence electrons. The van der Waals surface area contributed by atoms with Gasteiger partial charge in [-0.15, -0.1) is 0 Å². The van der Waals surface area contributed by atoms with Gasteiger partial charge in [0.05, 0.1) is 10.6 Å². The number of nitrogens with zero attached hydrogens (tertiary/aromatic N) is 1. The number of sulfone groups is 1. The number of carbonyl (C=O) groups excluding carboxylic acids is 1. The summed E-state index contributed by atoms with van der Waals surface area (Å²) in [6.07, 6.45) is 0.218. The number of hydrogen-bond acceptors (Lipinski definition) is 6. The minimum atomic E-state index is -3.52. The van der Waals surface area contributed by atoms with Crippen LogP contribution in [0.2, 0.25) is 0 Å². The zero-order valence-electron chi connectivity index (χ0n) is 14.4. The lowest BCUT2D eigenvalue weighted by atomic mass is 10.1. The molecular formula is C16H24N2O5S. The second kappa shape index (κ2) is 7.65. The van der Waals surface area contributed by atoms with Crippen LogP contribution >= 0.6 is 0 Å². The number of aryl methyl sites for hydroxylation is 1. The molecule has 0 saturated carbocycles. The third-order valence-electron chi connectivity index (χ3n) is 3.15. The van der Waals surface area contributed by atoms with Gasteiger partial charge in [-0.1, -0.05) is 5.16 Å². The number of rotatable bonds is 6. The summed E-state index contributed by atoms with van der Waals surface area (Å²) < 4.78 is 29.8. The number of ether oxygens (including phenoxy) is 1. The van der Waals surface area contributed by atoms with Gasteiger partial charge in [-0.05, 0) is 57.9 Å². The highest BCUT2D eigenvalue weighted by molar-refractivity contribution is 7.91. The lowest BCUT2D eigenvalue weighted by Crippen LogP contribution is -2.24. The van der Waals surface area contributed by atoms with Crippen molar-refractivity contribution in [1.29, 1.82) is 0 Å². The Bertz CT molecular complexity index is 733. The van der Waals surface area contributed by atoms with Gasteiger partial charge in [0, 0.05) is 12.0 Å². The first-order chi connectivity index (χ1) is 11.0. The van der Waals surface area contributed by atoms with Crippen molar-refractivity contribution in [3.8, 4) is 0 Å². The molecular weight excluding hydrogens is 332 g/mol. The maximum absolute atomic E-state index is 12.3. The minimum absolute atomic E-state index is 0.0394. The van der Waals surface area contributed by atoms with E-state index in [1.54, 1.807) is 27.7 Å². The molecule has 0 aliphatic heterocycles. The molecule has 1 aromatic carbocycles. The second-order valence-corrected chi connectivity index (χ2v) is 8.58. The average Bonchev–Trinajstić information content (AvgIpc) is 2.44. The fraction of sp³-hybridized carbons (Fsp3) is 0.500. The molecule has 0 fully saturated rings. The summed E-state index contributed by atoms with van der Waals surface area (Å²) in [7, 11) is -3.52. The van der Waals surface area contributed by atoms with Gasteiger partial charge in [0.1, 0.15) is 5.60 Å². The number of benzene rings is 1. The number of carbonyl (C=O) groups is 1. The van der Waals surface area contributed by atoms with Crippen molar-refractivity contribution in [3.05, 3.63) is 29.3 Å². The number of oxime groups is 1. The molecule has 0 amide bonds. The molecule has 0 aliphatic rings. The van der Waals surface area contributed by atoms with E-state index in [9.17, 15) is 13.2 Å². The van der Waals surface area contributed by atoms with Crippen LogP contribution < -0.4 is 5.73 Å². The quantitative estimate of drug-likeness (QED) is 0.264. The molecule has 0 aromatic heterocycles. The van der Waals surface area contributed by atoms with E-state index in [2.05, 4.69) is 5.16 Å². The smallest absolute Gasteiger partial charge is 0.306 e. The predicted molar refractivity (Wildman–Crippen MR) is 90.8 cm³/mol. The predicted octanol–water partition coefficient (Wildman–Crippen LogP) is 1.99. The summed E-state index contributed by atoms with van der Waals surface area (Å²) in [5.74, 6) is -0.660. The van der Waals surface area contributed by atoms with Gasteiger partial charge in [-0.2, -0.15) is 0 Å². The first-order valence-electron chi connectivity index (χ1n) is 7.49. The highest BCUT2D eigenvalue weighted by Gasteiger charge is 2.19. The molecule has 0 atom stereocenters. The van der Waals surface area contributed by atoms with Crippen molar-refractivity contribution < 1.29 is 23.2 Å². The van der Waals surface area contributed by atoms with Crippen LogP contribution in [0, 0.1) is 6.92 Å². The Kier molecular flexibility index (Phi) is 6.36. The molecule has 0 heterocycles. The van der Waals surface area contributed by atoms with Gasteiger partial charge in [-0.3, -0.25) is 4.79 Å². The van der Waals surface area contributed by atoms with E-state index >= 15 is 0 Å². The van der Waals surface area contributed by atoms with Crippen molar-refractivity contribution >= 4 is 21.6 Å². The highest BCUT2D eigenvalue weighted by atomic mass is 32.2. The van der Waals surface area contributed by atoms with Gasteiger partial charge in [0.2, 0.25) is 0 Å². The van der Waals surface area contributed by atoms with Gasteiger partial charge in [0.15, 0.2) is 15.7 Å². The molecule has 1 aromatic rings. The summed E-state index contributed by atoms with van der Waals surface area (Å²) in [5.41, 5.74) is 5.98. The monoisotopic (exact) mass is 356 g/mol. The third-order valence-corrected chi connectivity index (χ3v) is 4.95. The molecule has 0 bridgehead atoms. The normalized spacial score (nSPS) is 12.9. The summed E-state index contributed by atoms with van der Waals surface area (Å²) in [5, 5.41) is 11.6. The van der Waals surface area contributed by atoms with Gasteiger partial charge < -0.3 is 15.7 Å². The Labute approximate surface area is 142 Å². The first-order valence-corrected chi connectivity index (χ1v) is 9.14. The Morgan fingerprint density at radius 3 is 2.46 bits per heavy atom. The molecule has 0 aliphatic carbocycles. The van der Waals surface area contributed by atoms with Crippen LogP contribution in [0.1, 0.15) is 44.7 Å². The number of esters is 1. The van der Waals surface area contributed by atoms with E-state index in [1.165, 1.54) is 18.2 Å². The van der Waals surface area contributed by atoms with E-state index in [0.717, 1.165) is 0 Å². The third kappa shape index (κ3) is 5.84. The lowest BCUT2D eigenvalue weighted by molar-refractivity contribution is -0.154. The molecule has 0 saturated heterocycles. The summed E-state index contributed by atoms with van der Waals surface area (Å²) in [6.45, 7) is 6.95. The van der Waals surface area contributed by atoms with Crippen LogP contribution in [0.25, 0.3) is 0 Å². The Hall–Kier alpha value is -2.09. The Balaban J connectivity index is 2.76. The van der Waals surface area contributed by atoms with Crippen LogP contribution in [0.3, 0.4) is 0 Å². The number of hydrogen-bond donors (Lipinski definition) is 2. The van der Waals surface area contributed by atoms with Crippen LogP contribution in [-0.4, -0.2) is 36.8 Å². The van der Waals surface area contributed by atoms with Crippen molar-refractivity contribution in [2.24, 2.45) is 10.9 Å². The Morgan fingerprint density at radius 1 is 1.33 bits per heavy atom. The highest BCUT2D eigenvalue weighted by Crippen LogP contribution is 2.18. The van der Waals surface area contributed by atoms with Gasteiger partial charge in [-0.25, -0.2) is 8.42 Å². The Morgan fingerprint density at radius 2 is 1.96 bits per heavy atom. The SMILES string of the molecule is Cc1cc(S(=O)(=O)CCCC(=O)OC(C)(C)C)ccc1/C(N)=N/O. The minimum Gasteiger partial charge on any atom is -0.460 e. The van der Waals surface area contributed by atoms with Crippen LogP contribution in [0.5, 0.6) is 0 Å². The van der Waals surface area contributed by atoms with Gasteiger partial charge >= 0.3 is 5.97 Å². The molecule has 7 nitrogen and oxygen atoms in total. The summed E-state index contributed by atoms with van der Waals surface area (Å²) in [6, 6.07) is 4.37. The van der Waals surface area contributed by atoms with E-state index in [0.29, 0.717) is 11.1 Å². The molecule has 0 spiro atoms. The van der Waals surface area contributed by atoms with Crippen LogP contribution in [0.15, 0.2) is 28.3 Å². The number of nitrogens with two attached hydrogens (primary N) is 1. The molecule has 8 heteroatoms. The van der Waals surface area contributed by atoms with Crippen molar-refractivity contribution in [1.82, 2.24) is 0 Å². The van der Waals surface area contributed by atoms with Crippen LogP contribution in [0.4, 0.5) is 0 Å². The van der Waals surface area contributed by atoms with Gasteiger partial charge in [0.25, 0.3) is 0 Å². The molecule has 3 N–H and O–H groups in total. The zero-order chi connectivity index (χ0) is 18.5. The standard InChI is InChI=1S/C16H24N2O5S/c1-11-10-12(7-8-13(11)15(17)18-20)24(21,22)9-5-6-14(19)23-16(2,3)4/h7-8,10,20H,5-6,9H2,1-4H3,(H2,17,18). The average molecular weight is 356 g/mol. The molecule has 0 unspecified atom stereocenters. The molecule has 0 radical (unpaired) electrons. The fourth-order valence-corrected chi connectivity index (χ4v) is 3.48. The zero-order valence-corrected chi connectivity index (χ0v) is 15.2. The second-order valence-electron chi connectivity index (χ2n) is 6.47.